The molecule has 3 heteroatoms. The van der Waals surface area contributed by atoms with Crippen molar-refractivity contribution in [3.63, 3.8) is 0 Å². The van der Waals surface area contributed by atoms with Crippen LogP contribution in [0.4, 0.5) is 0 Å². The Kier molecular flexibility index (Phi) is 8.43. The van der Waals surface area contributed by atoms with Crippen LogP contribution in [0.25, 0.3) is 55.6 Å². The Morgan fingerprint density at radius 3 is 1.16 bits per heavy atom. The number of benzene rings is 8. The minimum atomic E-state index is -0.417. The van der Waals surface area contributed by atoms with Crippen LogP contribution >= 0.6 is 0 Å². The fourth-order valence-corrected chi connectivity index (χ4v) is 10.4. The highest BCUT2D eigenvalue weighted by Gasteiger charge is 2.52. The van der Waals surface area contributed by atoms with Crippen LogP contribution in [0.3, 0.4) is 0 Å². The fraction of sp³-hybridized carbons (Fsp3) is 0.172. The van der Waals surface area contributed by atoms with Crippen LogP contribution in [-0.4, -0.2) is 18.3 Å². The molecule has 0 N–H and O–H groups in total. The van der Waals surface area contributed by atoms with Gasteiger partial charge in [-0.05, 0) is 140 Å². The molecule has 0 amide bonds. The van der Waals surface area contributed by atoms with Crippen LogP contribution in [0.5, 0.6) is 0 Å². The molecule has 1 heterocycles. The molecular weight excluding hydrogens is 739 g/mol. The SMILES string of the molecule is CC1(C)c2cc(-c3ccc(B4OC(C)(C)C(C)(C)O4)cc3)ccc2-c2ccc(-c3ccc(-c4ccc5c(c4)C(c4ccccc4)(c4ccccc4)c4ccccc4-5)cc3)cc21. The second-order valence-electron chi connectivity index (χ2n) is 18.7. The topological polar surface area (TPSA) is 18.5 Å². The summed E-state index contributed by atoms with van der Waals surface area (Å²) in [5, 5.41) is 0. The van der Waals surface area contributed by atoms with E-state index in [9.17, 15) is 0 Å². The summed E-state index contributed by atoms with van der Waals surface area (Å²) in [6.45, 7) is 13.1. The average molecular weight is 789 g/mol. The molecule has 0 bridgehead atoms. The Hall–Kier alpha value is -6.26. The maximum atomic E-state index is 6.32. The molecule has 8 aromatic rings. The van der Waals surface area contributed by atoms with Gasteiger partial charge in [-0.25, -0.2) is 0 Å². The molecular formula is C58H49BO2. The van der Waals surface area contributed by atoms with E-state index in [0.29, 0.717) is 0 Å². The quantitative estimate of drug-likeness (QED) is 0.156. The summed E-state index contributed by atoms with van der Waals surface area (Å²) in [6.07, 6.45) is 0. The maximum absolute atomic E-state index is 6.32. The zero-order valence-corrected chi connectivity index (χ0v) is 35.8. The molecule has 0 aromatic heterocycles. The molecule has 2 aliphatic carbocycles. The highest BCUT2D eigenvalue weighted by atomic mass is 16.7. The van der Waals surface area contributed by atoms with Gasteiger partial charge in [0.05, 0.1) is 16.6 Å². The molecule has 1 aliphatic heterocycles. The van der Waals surface area contributed by atoms with Gasteiger partial charge in [-0.2, -0.15) is 0 Å². The largest absolute Gasteiger partial charge is 0.494 e. The lowest BCUT2D eigenvalue weighted by Crippen LogP contribution is -2.41. The fourth-order valence-electron chi connectivity index (χ4n) is 10.4. The van der Waals surface area contributed by atoms with E-state index in [4.69, 9.17) is 9.31 Å². The summed E-state index contributed by atoms with van der Waals surface area (Å²) in [4.78, 5) is 0. The second-order valence-corrected chi connectivity index (χ2v) is 18.7. The van der Waals surface area contributed by atoms with Crippen LogP contribution in [0.1, 0.15) is 74.9 Å². The van der Waals surface area contributed by atoms with E-state index in [0.717, 1.165) is 5.46 Å². The Balaban J connectivity index is 0.898. The molecule has 0 unspecified atom stereocenters. The molecule has 0 saturated carbocycles. The molecule has 1 saturated heterocycles. The van der Waals surface area contributed by atoms with Crippen molar-refractivity contribution in [3.05, 3.63) is 221 Å². The van der Waals surface area contributed by atoms with E-state index in [2.05, 4.69) is 230 Å². The lowest BCUT2D eigenvalue weighted by molar-refractivity contribution is 0.00578. The Morgan fingerprint density at radius 1 is 0.328 bits per heavy atom. The van der Waals surface area contributed by atoms with Gasteiger partial charge in [0, 0.05) is 5.41 Å². The third-order valence-electron chi connectivity index (χ3n) is 14.5. The minimum Gasteiger partial charge on any atom is -0.399 e. The predicted molar refractivity (Wildman–Crippen MR) is 253 cm³/mol. The molecule has 0 spiro atoms. The molecule has 8 aromatic carbocycles. The van der Waals surface area contributed by atoms with Crippen LogP contribution in [0.2, 0.25) is 0 Å². The summed E-state index contributed by atoms with van der Waals surface area (Å²) in [5.74, 6) is 0. The van der Waals surface area contributed by atoms with E-state index in [1.165, 1.54) is 89.0 Å². The van der Waals surface area contributed by atoms with Crippen molar-refractivity contribution in [1.82, 2.24) is 0 Å². The zero-order chi connectivity index (χ0) is 41.7. The molecule has 296 valence electrons. The van der Waals surface area contributed by atoms with Crippen molar-refractivity contribution < 1.29 is 9.31 Å². The standard InChI is InChI=1S/C58H49BO2/c1-55(2)52-35-41(27-32-48(52)49-33-28-42(36-53(49)55)40-25-30-46(31-26-40)59-60-56(3,4)57(5,6)61-59)38-21-23-39(24-22-38)43-29-34-50-47-19-13-14-20-51(47)58(54(50)37-43,44-15-9-7-10-16-44)45-17-11-8-12-18-45/h7-37H,1-6H3. The van der Waals surface area contributed by atoms with E-state index in [-0.39, 0.29) is 23.7 Å². The average Bonchev–Trinajstić information content (AvgIpc) is 3.81. The lowest BCUT2D eigenvalue weighted by Gasteiger charge is -2.34. The monoisotopic (exact) mass is 788 g/mol. The van der Waals surface area contributed by atoms with Gasteiger partial charge >= 0.3 is 7.12 Å². The summed E-state index contributed by atoms with van der Waals surface area (Å²) in [7, 11) is -0.365. The molecule has 3 aliphatic rings. The van der Waals surface area contributed by atoms with Crippen molar-refractivity contribution in [2.45, 2.75) is 63.6 Å². The van der Waals surface area contributed by atoms with E-state index >= 15 is 0 Å². The molecule has 61 heavy (non-hydrogen) atoms. The first-order valence-corrected chi connectivity index (χ1v) is 21.7. The first-order chi connectivity index (χ1) is 29.5. The number of fused-ring (bicyclic) bond motifs is 6. The van der Waals surface area contributed by atoms with Crippen molar-refractivity contribution in [2.24, 2.45) is 0 Å². The summed E-state index contributed by atoms with van der Waals surface area (Å²) >= 11 is 0. The van der Waals surface area contributed by atoms with Crippen LogP contribution in [0, 0.1) is 0 Å². The van der Waals surface area contributed by atoms with Gasteiger partial charge in [-0.1, -0.05) is 184 Å². The van der Waals surface area contributed by atoms with Crippen molar-refractivity contribution >= 4 is 12.6 Å². The maximum Gasteiger partial charge on any atom is 0.494 e. The van der Waals surface area contributed by atoms with E-state index in [1.807, 2.05) is 0 Å². The molecule has 2 nitrogen and oxygen atoms in total. The van der Waals surface area contributed by atoms with Gasteiger partial charge in [-0.3, -0.25) is 0 Å². The Morgan fingerprint density at radius 2 is 0.689 bits per heavy atom. The van der Waals surface area contributed by atoms with Crippen molar-refractivity contribution in [3.8, 4) is 55.6 Å². The van der Waals surface area contributed by atoms with Crippen molar-refractivity contribution in [2.75, 3.05) is 0 Å². The summed E-state index contributed by atoms with van der Waals surface area (Å²) in [5.41, 5.74) is 20.3. The predicted octanol–water partition coefficient (Wildman–Crippen LogP) is 13.7. The zero-order valence-electron chi connectivity index (χ0n) is 35.8. The van der Waals surface area contributed by atoms with Crippen molar-refractivity contribution in [1.29, 1.82) is 0 Å². The number of hydrogen-bond donors (Lipinski definition) is 0. The van der Waals surface area contributed by atoms with E-state index < -0.39 is 5.41 Å². The van der Waals surface area contributed by atoms with Gasteiger partial charge in [-0.15, -0.1) is 0 Å². The third-order valence-corrected chi connectivity index (χ3v) is 14.5. The molecule has 0 radical (unpaired) electrons. The Bertz CT molecular complexity index is 2920. The van der Waals surface area contributed by atoms with Gasteiger partial charge in [0.2, 0.25) is 0 Å². The molecule has 11 rings (SSSR count). The van der Waals surface area contributed by atoms with Gasteiger partial charge in [0.25, 0.3) is 0 Å². The highest BCUT2D eigenvalue weighted by Crippen LogP contribution is 2.57. The first-order valence-electron chi connectivity index (χ1n) is 21.7. The summed E-state index contributed by atoms with van der Waals surface area (Å²) < 4.78 is 12.6. The number of hydrogen-bond acceptors (Lipinski definition) is 2. The number of rotatable bonds is 6. The highest BCUT2D eigenvalue weighted by molar-refractivity contribution is 6.62. The van der Waals surface area contributed by atoms with Crippen LogP contribution in [0.15, 0.2) is 188 Å². The van der Waals surface area contributed by atoms with Gasteiger partial charge < -0.3 is 9.31 Å². The van der Waals surface area contributed by atoms with Gasteiger partial charge in [0.1, 0.15) is 0 Å². The second kappa shape index (κ2) is 13.6. The van der Waals surface area contributed by atoms with E-state index in [1.54, 1.807) is 0 Å². The molecule has 1 fully saturated rings. The summed E-state index contributed by atoms with van der Waals surface area (Å²) in [6, 6.07) is 70.0. The normalized spacial score (nSPS) is 17.0. The van der Waals surface area contributed by atoms with Crippen LogP contribution < -0.4 is 5.46 Å². The minimum absolute atomic E-state index is 0.148. The first kappa shape index (κ1) is 37.7. The van der Waals surface area contributed by atoms with Gasteiger partial charge in [0.15, 0.2) is 0 Å². The third kappa shape index (κ3) is 5.71. The Labute approximate surface area is 361 Å². The van der Waals surface area contributed by atoms with Crippen LogP contribution in [-0.2, 0) is 20.1 Å². The lowest BCUT2D eigenvalue weighted by atomic mass is 9.67. The molecule has 0 atom stereocenters. The smallest absolute Gasteiger partial charge is 0.399 e.